The van der Waals surface area contributed by atoms with E-state index in [1.54, 1.807) is 6.20 Å². The Bertz CT molecular complexity index is 1210. The zero-order valence-electron chi connectivity index (χ0n) is 18.3. The van der Waals surface area contributed by atoms with E-state index in [9.17, 15) is 4.79 Å². The van der Waals surface area contributed by atoms with Crippen molar-refractivity contribution in [2.45, 2.75) is 27.3 Å². The number of rotatable bonds is 7. The first-order valence-corrected chi connectivity index (χ1v) is 10.3. The molecule has 7 nitrogen and oxygen atoms in total. The van der Waals surface area contributed by atoms with Gasteiger partial charge in [0.2, 0.25) is 0 Å². The second-order valence-electron chi connectivity index (χ2n) is 7.60. The van der Waals surface area contributed by atoms with E-state index in [0.29, 0.717) is 12.3 Å². The minimum atomic E-state index is -0.171. The number of benzene rings is 2. The summed E-state index contributed by atoms with van der Waals surface area (Å²) in [6.07, 6.45) is 3.22. The number of nitrogens with zero attached hydrogens (tertiary/aromatic N) is 3. The van der Waals surface area contributed by atoms with Crippen molar-refractivity contribution in [3.8, 4) is 28.3 Å². The van der Waals surface area contributed by atoms with Gasteiger partial charge in [0.1, 0.15) is 12.1 Å². The van der Waals surface area contributed by atoms with Crippen molar-refractivity contribution < 1.29 is 14.1 Å². The first-order chi connectivity index (χ1) is 15.5. The summed E-state index contributed by atoms with van der Waals surface area (Å²) in [6.45, 7) is 6.19. The largest absolute Gasteiger partial charge is 0.483 e. The summed E-state index contributed by atoms with van der Waals surface area (Å²) < 4.78 is 11.1. The molecule has 0 bridgehead atoms. The van der Waals surface area contributed by atoms with Crippen LogP contribution in [0.4, 0.5) is 0 Å². The van der Waals surface area contributed by atoms with Crippen LogP contribution in [0.25, 0.3) is 22.6 Å². The van der Waals surface area contributed by atoms with E-state index < -0.39 is 0 Å². The van der Waals surface area contributed by atoms with Crippen LogP contribution < -0.4 is 10.1 Å². The van der Waals surface area contributed by atoms with E-state index in [2.05, 4.69) is 20.4 Å². The molecule has 0 saturated carbocycles. The lowest BCUT2D eigenvalue weighted by atomic mass is 10.0. The number of para-hydroxylation sites is 1. The van der Waals surface area contributed by atoms with Gasteiger partial charge >= 0.3 is 0 Å². The molecule has 1 amide bonds. The van der Waals surface area contributed by atoms with Gasteiger partial charge in [0.15, 0.2) is 12.4 Å². The number of hydrogen-bond donors (Lipinski definition) is 1. The van der Waals surface area contributed by atoms with Crippen LogP contribution >= 0.6 is 0 Å². The number of amides is 1. The number of aryl methyl sites for hydroxylation is 3. The molecule has 2 heterocycles. The molecule has 0 aliphatic carbocycles. The molecule has 162 valence electrons. The Morgan fingerprint density at radius 2 is 1.81 bits per heavy atom. The van der Waals surface area contributed by atoms with Crippen molar-refractivity contribution in [3.63, 3.8) is 0 Å². The van der Waals surface area contributed by atoms with Crippen LogP contribution in [0.15, 0.2) is 65.6 Å². The smallest absolute Gasteiger partial charge is 0.258 e. The Labute approximate surface area is 186 Å². The monoisotopic (exact) mass is 428 g/mol. The van der Waals surface area contributed by atoms with E-state index in [0.717, 1.165) is 45.0 Å². The third-order valence-corrected chi connectivity index (χ3v) is 5.08. The van der Waals surface area contributed by atoms with E-state index in [-0.39, 0.29) is 12.5 Å². The van der Waals surface area contributed by atoms with Crippen LogP contribution in [0, 0.1) is 20.8 Å². The van der Waals surface area contributed by atoms with Gasteiger partial charge in [-0.25, -0.2) is 9.97 Å². The molecule has 0 aliphatic rings. The van der Waals surface area contributed by atoms with Crippen molar-refractivity contribution in [2.75, 3.05) is 6.61 Å². The van der Waals surface area contributed by atoms with Gasteiger partial charge in [-0.05, 0) is 37.5 Å². The molecule has 7 heteroatoms. The third-order valence-electron chi connectivity index (χ3n) is 5.08. The van der Waals surface area contributed by atoms with Gasteiger partial charge in [0.05, 0.1) is 17.0 Å². The van der Waals surface area contributed by atoms with Gasteiger partial charge < -0.3 is 14.6 Å². The summed E-state index contributed by atoms with van der Waals surface area (Å²) in [6, 6.07) is 15.6. The van der Waals surface area contributed by atoms with E-state index in [4.69, 9.17) is 9.26 Å². The minimum Gasteiger partial charge on any atom is -0.483 e. The Hall–Kier alpha value is -4.00. The maximum atomic E-state index is 12.2. The summed E-state index contributed by atoms with van der Waals surface area (Å²) in [5, 5.41) is 6.84. The second-order valence-corrected chi connectivity index (χ2v) is 7.60. The molecular formula is C25H24N4O3. The van der Waals surface area contributed by atoms with Crippen molar-refractivity contribution in [1.82, 2.24) is 20.4 Å². The fourth-order valence-electron chi connectivity index (χ4n) is 3.43. The number of hydrogen-bond acceptors (Lipinski definition) is 6. The zero-order chi connectivity index (χ0) is 22.5. The van der Waals surface area contributed by atoms with Crippen LogP contribution in [0.5, 0.6) is 5.75 Å². The van der Waals surface area contributed by atoms with Gasteiger partial charge in [-0.3, -0.25) is 4.79 Å². The van der Waals surface area contributed by atoms with Crippen molar-refractivity contribution in [2.24, 2.45) is 0 Å². The van der Waals surface area contributed by atoms with Crippen LogP contribution in [-0.4, -0.2) is 27.6 Å². The molecule has 2 aromatic carbocycles. The molecule has 0 unspecified atom stereocenters. The molecule has 2 aromatic heterocycles. The molecule has 0 atom stereocenters. The topological polar surface area (TPSA) is 90.1 Å². The lowest BCUT2D eigenvalue weighted by Gasteiger charge is -2.12. The van der Waals surface area contributed by atoms with Crippen LogP contribution in [0.1, 0.15) is 22.4 Å². The summed E-state index contributed by atoms with van der Waals surface area (Å²) in [5.74, 6) is 1.21. The summed E-state index contributed by atoms with van der Waals surface area (Å²) >= 11 is 0. The van der Waals surface area contributed by atoms with Crippen LogP contribution in [0.2, 0.25) is 0 Å². The lowest BCUT2D eigenvalue weighted by Crippen LogP contribution is -2.28. The maximum Gasteiger partial charge on any atom is 0.258 e. The maximum absolute atomic E-state index is 12.2. The van der Waals surface area contributed by atoms with Crippen LogP contribution in [0.3, 0.4) is 0 Å². The third kappa shape index (κ3) is 4.83. The Kier molecular flexibility index (Phi) is 6.26. The first-order valence-electron chi connectivity index (χ1n) is 10.3. The molecule has 0 saturated heterocycles. The quantitative estimate of drug-likeness (QED) is 0.469. The van der Waals surface area contributed by atoms with Crippen molar-refractivity contribution in [3.05, 3.63) is 83.4 Å². The number of carbonyl (C=O) groups excluding carboxylic acids is 1. The fraction of sp³-hybridized carbons (Fsp3) is 0.200. The average molecular weight is 428 g/mol. The Balaban J connectivity index is 1.38. The SMILES string of the molecule is Cc1cc(-c2cncnc2-c2ccc(CNC(=O)COc3c(C)cccc3C)cc2)on1. The minimum absolute atomic E-state index is 0.0231. The Morgan fingerprint density at radius 3 is 2.50 bits per heavy atom. The summed E-state index contributed by atoms with van der Waals surface area (Å²) in [4.78, 5) is 20.8. The number of ether oxygens (including phenoxy) is 1. The molecule has 0 spiro atoms. The number of carbonyl (C=O) groups is 1. The molecule has 32 heavy (non-hydrogen) atoms. The number of aromatic nitrogens is 3. The molecule has 0 fully saturated rings. The van der Waals surface area contributed by atoms with E-state index in [1.807, 2.05) is 69.3 Å². The average Bonchev–Trinajstić information content (AvgIpc) is 3.24. The van der Waals surface area contributed by atoms with Gasteiger partial charge in [-0.1, -0.05) is 47.6 Å². The predicted molar refractivity (Wildman–Crippen MR) is 121 cm³/mol. The zero-order valence-corrected chi connectivity index (χ0v) is 18.3. The van der Waals surface area contributed by atoms with Gasteiger partial charge in [-0.15, -0.1) is 0 Å². The highest BCUT2D eigenvalue weighted by atomic mass is 16.5. The highest BCUT2D eigenvalue weighted by Crippen LogP contribution is 2.30. The fourth-order valence-corrected chi connectivity index (χ4v) is 3.43. The summed E-state index contributed by atoms with van der Waals surface area (Å²) in [7, 11) is 0. The molecule has 0 radical (unpaired) electrons. The van der Waals surface area contributed by atoms with Crippen molar-refractivity contribution in [1.29, 1.82) is 0 Å². The lowest BCUT2D eigenvalue weighted by molar-refractivity contribution is -0.123. The predicted octanol–water partition coefficient (Wildman–Crippen LogP) is 4.42. The van der Waals surface area contributed by atoms with E-state index >= 15 is 0 Å². The standard InChI is InChI=1S/C25H24N4O3/c1-16-5-4-6-17(2)25(16)31-14-23(30)27-12-19-7-9-20(10-8-19)24-21(13-26-15-28-24)22-11-18(3)29-32-22/h4-11,13,15H,12,14H2,1-3H3,(H,27,30). The highest BCUT2D eigenvalue weighted by molar-refractivity contribution is 5.78. The normalized spacial score (nSPS) is 10.7. The molecule has 4 aromatic rings. The van der Waals surface area contributed by atoms with Gasteiger partial charge in [0, 0.05) is 24.4 Å². The molecule has 1 N–H and O–H groups in total. The summed E-state index contributed by atoms with van der Waals surface area (Å²) in [5.41, 5.74) is 6.25. The molecule has 0 aliphatic heterocycles. The Morgan fingerprint density at radius 1 is 1.06 bits per heavy atom. The van der Waals surface area contributed by atoms with Crippen molar-refractivity contribution >= 4 is 5.91 Å². The van der Waals surface area contributed by atoms with E-state index in [1.165, 1.54) is 6.33 Å². The highest BCUT2D eigenvalue weighted by Gasteiger charge is 2.13. The molecule has 4 rings (SSSR count). The first kappa shape index (κ1) is 21.2. The van der Waals surface area contributed by atoms with Crippen LogP contribution in [-0.2, 0) is 11.3 Å². The van der Waals surface area contributed by atoms with Gasteiger partial charge in [-0.2, -0.15) is 0 Å². The number of nitrogens with one attached hydrogen (secondary N) is 1. The molecular weight excluding hydrogens is 404 g/mol. The second kappa shape index (κ2) is 9.43. The van der Waals surface area contributed by atoms with Gasteiger partial charge in [0.25, 0.3) is 5.91 Å².